The third-order valence-electron chi connectivity index (χ3n) is 2.70. The lowest BCUT2D eigenvalue weighted by Crippen LogP contribution is -2.26. The zero-order valence-electron chi connectivity index (χ0n) is 10.6. The number of amidine groups is 1. The Morgan fingerprint density at radius 1 is 1.50 bits per heavy atom. The van der Waals surface area contributed by atoms with Crippen molar-refractivity contribution in [2.24, 2.45) is 4.99 Å². The topological polar surface area (TPSA) is 53.5 Å². The van der Waals surface area contributed by atoms with Crippen LogP contribution in [0.5, 0.6) is 0 Å². The normalized spacial score (nSPS) is 15.8. The summed E-state index contributed by atoms with van der Waals surface area (Å²) in [6.07, 6.45) is 0. The molecule has 0 saturated carbocycles. The minimum Gasteiger partial charge on any atom is -0.363 e. The standard InChI is InChI=1S/C13H17N3OS/c1-9-5-3-4-6-11(9)16-12(17)10(2)18-13-14-7-8-15-13/h3-6,10H,7-8H2,1-2H3,(H,14,15)(H,16,17)/t10-/m1/s1. The van der Waals surface area contributed by atoms with Crippen LogP contribution in [0.2, 0.25) is 0 Å². The largest absolute Gasteiger partial charge is 0.363 e. The van der Waals surface area contributed by atoms with Gasteiger partial charge in [-0.15, -0.1) is 0 Å². The molecule has 1 heterocycles. The molecule has 0 radical (unpaired) electrons. The first kappa shape index (κ1) is 13.0. The fraction of sp³-hybridized carbons (Fsp3) is 0.385. The van der Waals surface area contributed by atoms with Crippen molar-refractivity contribution in [3.8, 4) is 0 Å². The first-order valence-corrected chi connectivity index (χ1v) is 6.86. The van der Waals surface area contributed by atoms with Crippen LogP contribution in [0.4, 0.5) is 5.69 Å². The molecule has 1 amide bonds. The average molecular weight is 263 g/mol. The Labute approximate surface area is 111 Å². The molecule has 0 unspecified atom stereocenters. The summed E-state index contributed by atoms with van der Waals surface area (Å²) in [5, 5.41) is 6.80. The summed E-state index contributed by atoms with van der Waals surface area (Å²) in [5.74, 6) is 0.00528. The molecule has 0 aromatic heterocycles. The van der Waals surface area contributed by atoms with E-state index < -0.39 is 0 Å². The van der Waals surface area contributed by atoms with Gasteiger partial charge < -0.3 is 10.6 Å². The Bertz CT molecular complexity index is 473. The Balaban J connectivity index is 1.93. The molecule has 0 saturated heterocycles. The molecule has 96 valence electrons. The number of hydrogen-bond donors (Lipinski definition) is 2. The number of para-hydroxylation sites is 1. The van der Waals surface area contributed by atoms with Crippen molar-refractivity contribution in [1.82, 2.24) is 5.32 Å². The average Bonchev–Trinajstić information content (AvgIpc) is 2.84. The number of benzene rings is 1. The highest BCUT2D eigenvalue weighted by Gasteiger charge is 2.18. The highest BCUT2D eigenvalue weighted by Crippen LogP contribution is 2.18. The molecule has 5 heteroatoms. The summed E-state index contributed by atoms with van der Waals surface area (Å²) in [4.78, 5) is 16.3. The van der Waals surface area contributed by atoms with Crippen molar-refractivity contribution < 1.29 is 4.79 Å². The van der Waals surface area contributed by atoms with Gasteiger partial charge in [-0.1, -0.05) is 30.0 Å². The Hall–Kier alpha value is -1.49. The molecule has 18 heavy (non-hydrogen) atoms. The van der Waals surface area contributed by atoms with Crippen LogP contribution in [0.3, 0.4) is 0 Å². The summed E-state index contributed by atoms with van der Waals surface area (Å²) in [6, 6.07) is 7.77. The van der Waals surface area contributed by atoms with Gasteiger partial charge in [-0.2, -0.15) is 0 Å². The van der Waals surface area contributed by atoms with E-state index in [1.165, 1.54) is 11.8 Å². The molecule has 1 atom stereocenters. The number of anilines is 1. The number of nitrogens with zero attached hydrogens (tertiary/aromatic N) is 1. The summed E-state index contributed by atoms with van der Waals surface area (Å²) in [5.41, 5.74) is 1.94. The molecule has 4 nitrogen and oxygen atoms in total. The van der Waals surface area contributed by atoms with E-state index in [0.717, 1.165) is 29.5 Å². The number of hydrogen-bond acceptors (Lipinski definition) is 4. The molecule has 1 aromatic rings. The van der Waals surface area contributed by atoms with E-state index >= 15 is 0 Å². The molecular weight excluding hydrogens is 246 g/mol. The molecule has 2 N–H and O–H groups in total. The van der Waals surface area contributed by atoms with Gasteiger partial charge in [0.1, 0.15) is 0 Å². The van der Waals surface area contributed by atoms with E-state index in [1.54, 1.807) is 0 Å². The maximum absolute atomic E-state index is 12.0. The van der Waals surface area contributed by atoms with Crippen molar-refractivity contribution in [3.63, 3.8) is 0 Å². The first-order chi connectivity index (χ1) is 8.66. The van der Waals surface area contributed by atoms with Gasteiger partial charge in [-0.05, 0) is 25.5 Å². The van der Waals surface area contributed by atoms with Crippen LogP contribution in [-0.4, -0.2) is 29.4 Å². The van der Waals surface area contributed by atoms with E-state index in [2.05, 4.69) is 15.6 Å². The van der Waals surface area contributed by atoms with E-state index in [1.807, 2.05) is 38.1 Å². The first-order valence-electron chi connectivity index (χ1n) is 5.98. The van der Waals surface area contributed by atoms with Crippen LogP contribution >= 0.6 is 11.8 Å². The molecule has 1 aromatic carbocycles. The summed E-state index contributed by atoms with van der Waals surface area (Å²) >= 11 is 1.47. The summed E-state index contributed by atoms with van der Waals surface area (Å²) < 4.78 is 0. The van der Waals surface area contributed by atoms with Gasteiger partial charge in [-0.25, -0.2) is 0 Å². The number of rotatable bonds is 3. The van der Waals surface area contributed by atoms with Gasteiger partial charge >= 0.3 is 0 Å². The zero-order valence-corrected chi connectivity index (χ0v) is 11.4. The van der Waals surface area contributed by atoms with Gasteiger partial charge in [0.25, 0.3) is 0 Å². The molecule has 2 rings (SSSR count). The quantitative estimate of drug-likeness (QED) is 0.877. The minimum absolute atomic E-state index is 0.00528. The van der Waals surface area contributed by atoms with Gasteiger partial charge in [-0.3, -0.25) is 9.79 Å². The van der Waals surface area contributed by atoms with Gasteiger partial charge in [0.05, 0.1) is 11.8 Å². The second-order valence-corrected chi connectivity index (χ2v) is 5.51. The highest BCUT2D eigenvalue weighted by atomic mass is 32.2. The number of aliphatic imine (C=N–C) groups is 1. The van der Waals surface area contributed by atoms with Gasteiger partial charge in [0.2, 0.25) is 5.91 Å². The van der Waals surface area contributed by atoms with Crippen LogP contribution in [0.1, 0.15) is 12.5 Å². The van der Waals surface area contributed by atoms with Crippen molar-refractivity contribution in [1.29, 1.82) is 0 Å². The van der Waals surface area contributed by atoms with Gasteiger partial charge in [0, 0.05) is 12.2 Å². The van der Waals surface area contributed by atoms with Crippen LogP contribution in [0.15, 0.2) is 29.3 Å². The van der Waals surface area contributed by atoms with Crippen LogP contribution in [0, 0.1) is 6.92 Å². The third-order valence-corrected chi connectivity index (χ3v) is 3.77. The fourth-order valence-corrected chi connectivity index (χ4v) is 2.48. The zero-order chi connectivity index (χ0) is 13.0. The predicted molar refractivity (Wildman–Crippen MR) is 77.2 cm³/mol. The van der Waals surface area contributed by atoms with Crippen LogP contribution < -0.4 is 10.6 Å². The lowest BCUT2D eigenvalue weighted by molar-refractivity contribution is -0.115. The molecule has 0 fully saturated rings. The number of carbonyl (C=O) groups is 1. The van der Waals surface area contributed by atoms with Crippen molar-refractivity contribution >= 4 is 28.5 Å². The maximum atomic E-state index is 12.0. The van der Waals surface area contributed by atoms with E-state index in [0.29, 0.717) is 0 Å². The predicted octanol–water partition coefficient (Wildman–Crippen LogP) is 2.01. The number of nitrogens with one attached hydrogen (secondary N) is 2. The molecule has 0 spiro atoms. The molecular formula is C13H17N3OS. The van der Waals surface area contributed by atoms with Gasteiger partial charge in [0.15, 0.2) is 5.17 Å². The summed E-state index contributed by atoms with van der Waals surface area (Å²) in [7, 11) is 0. The van der Waals surface area contributed by atoms with E-state index in [-0.39, 0.29) is 11.2 Å². The fourth-order valence-electron chi connectivity index (χ4n) is 1.62. The third kappa shape index (κ3) is 3.26. The van der Waals surface area contributed by atoms with Crippen molar-refractivity contribution in [2.45, 2.75) is 19.1 Å². The lowest BCUT2D eigenvalue weighted by Gasteiger charge is -2.13. The molecule has 1 aliphatic heterocycles. The van der Waals surface area contributed by atoms with Crippen LogP contribution in [0.25, 0.3) is 0 Å². The molecule has 0 aliphatic carbocycles. The maximum Gasteiger partial charge on any atom is 0.237 e. The monoisotopic (exact) mass is 263 g/mol. The number of amides is 1. The lowest BCUT2D eigenvalue weighted by atomic mass is 10.2. The highest BCUT2D eigenvalue weighted by molar-refractivity contribution is 8.14. The summed E-state index contributed by atoms with van der Waals surface area (Å²) in [6.45, 7) is 5.54. The minimum atomic E-state index is -0.158. The second-order valence-electron chi connectivity index (χ2n) is 4.18. The second kappa shape index (κ2) is 5.91. The number of aryl methyl sites for hydroxylation is 1. The molecule has 1 aliphatic rings. The van der Waals surface area contributed by atoms with Crippen molar-refractivity contribution in [2.75, 3.05) is 18.4 Å². The van der Waals surface area contributed by atoms with E-state index in [4.69, 9.17) is 0 Å². The van der Waals surface area contributed by atoms with E-state index in [9.17, 15) is 4.79 Å². The Morgan fingerprint density at radius 3 is 2.94 bits per heavy atom. The number of thioether (sulfide) groups is 1. The Morgan fingerprint density at radius 2 is 2.28 bits per heavy atom. The SMILES string of the molecule is Cc1ccccc1NC(=O)[C@@H](C)SC1=NCCN1. The van der Waals surface area contributed by atoms with Crippen molar-refractivity contribution in [3.05, 3.63) is 29.8 Å². The number of carbonyl (C=O) groups excluding carboxylic acids is 1. The Kier molecular flexibility index (Phi) is 4.25. The molecule has 0 bridgehead atoms. The van der Waals surface area contributed by atoms with Crippen LogP contribution in [-0.2, 0) is 4.79 Å². The smallest absolute Gasteiger partial charge is 0.237 e.